The summed E-state index contributed by atoms with van der Waals surface area (Å²) >= 11 is 0. The molecular weight excluding hydrogens is 410 g/mol. The molecule has 2 aromatic heterocycles. The lowest BCUT2D eigenvalue weighted by molar-refractivity contribution is 0.0827. The zero-order chi connectivity index (χ0) is 22.9. The van der Waals surface area contributed by atoms with E-state index in [0.717, 1.165) is 59.5 Å². The third kappa shape index (κ3) is 4.22. The number of carbonyl (C=O) groups is 1. The number of likely N-dealkylation sites (N-methyl/N-ethyl adjacent to an activating group) is 1. The van der Waals surface area contributed by atoms with E-state index in [-0.39, 0.29) is 5.91 Å². The van der Waals surface area contributed by atoms with E-state index in [4.69, 9.17) is 0 Å². The minimum atomic E-state index is 0.00412. The molecule has 0 bridgehead atoms. The minimum absolute atomic E-state index is 0.00412. The van der Waals surface area contributed by atoms with Crippen molar-refractivity contribution in [3.05, 3.63) is 72.6 Å². The highest BCUT2D eigenvalue weighted by atomic mass is 16.2. The summed E-state index contributed by atoms with van der Waals surface area (Å²) in [6, 6.07) is 18.7. The Bertz CT molecular complexity index is 1270. The Hall–Kier alpha value is -3.64. The quantitative estimate of drug-likeness (QED) is 0.514. The molecule has 0 unspecified atom stereocenters. The standard InChI is InChI=1S/C27H29N5O/c1-30(2)27(33)21-6-4-20(5-7-21)25-18-29-26-24(25)16-22(17-28-26)19-8-10-23(11-9-19)32-14-12-31(3)13-15-32/h4-11,16-18H,12-15H2,1-3H3,(H,28,29). The second-order valence-corrected chi connectivity index (χ2v) is 8.94. The molecule has 6 nitrogen and oxygen atoms in total. The van der Waals surface area contributed by atoms with Crippen LogP contribution in [-0.2, 0) is 0 Å². The Morgan fingerprint density at radius 2 is 1.58 bits per heavy atom. The van der Waals surface area contributed by atoms with Gasteiger partial charge in [0.05, 0.1) is 0 Å². The summed E-state index contributed by atoms with van der Waals surface area (Å²) in [4.78, 5) is 26.5. The van der Waals surface area contributed by atoms with Crippen LogP contribution in [0.5, 0.6) is 0 Å². The zero-order valence-corrected chi connectivity index (χ0v) is 19.4. The predicted molar refractivity (Wildman–Crippen MR) is 135 cm³/mol. The molecule has 3 heterocycles. The average Bonchev–Trinajstić information content (AvgIpc) is 3.27. The number of anilines is 1. The van der Waals surface area contributed by atoms with Gasteiger partial charge in [0.2, 0.25) is 0 Å². The van der Waals surface area contributed by atoms with Crippen LogP contribution in [0.15, 0.2) is 67.0 Å². The molecule has 0 spiro atoms. The van der Waals surface area contributed by atoms with Crippen LogP contribution in [0, 0.1) is 0 Å². The van der Waals surface area contributed by atoms with Gasteiger partial charge in [-0.3, -0.25) is 4.79 Å². The number of amides is 1. The van der Waals surface area contributed by atoms with Gasteiger partial charge in [0.15, 0.2) is 0 Å². The summed E-state index contributed by atoms with van der Waals surface area (Å²) in [5.74, 6) is 0.00412. The fraction of sp³-hybridized carbons (Fsp3) is 0.259. The third-order valence-electron chi connectivity index (χ3n) is 6.45. The largest absolute Gasteiger partial charge is 0.369 e. The highest BCUT2D eigenvalue weighted by Crippen LogP contribution is 2.32. The van der Waals surface area contributed by atoms with Gasteiger partial charge >= 0.3 is 0 Å². The molecule has 0 radical (unpaired) electrons. The number of rotatable bonds is 4. The van der Waals surface area contributed by atoms with E-state index in [2.05, 4.69) is 57.1 Å². The first-order valence-corrected chi connectivity index (χ1v) is 11.3. The molecule has 1 N–H and O–H groups in total. The van der Waals surface area contributed by atoms with Crippen molar-refractivity contribution in [2.75, 3.05) is 52.2 Å². The molecule has 0 saturated carbocycles. The minimum Gasteiger partial charge on any atom is -0.369 e. The van der Waals surface area contributed by atoms with Gasteiger partial charge in [0.25, 0.3) is 5.91 Å². The number of piperazine rings is 1. The SMILES string of the molecule is CN1CCN(c2ccc(-c3cnc4[nH]cc(-c5ccc(C(=O)N(C)C)cc5)c4c3)cc2)CC1. The Morgan fingerprint density at radius 1 is 0.909 bits per heavy atom. The highest BCUT2D eigenvalue weighted by molar-refractivity contribution is 5.98. The third-order valence-corrected chi connectivity index (χ3v) is 6.45. The first-order valence-electron chi connectivity index (χ1n) is 11.3. The molecule has 4 aromatic rings. The second-order valence-electron chi connectivity index (χ2n) is 8.94. The summed E-state index contributed by atoms with van der Waals surface area (Å²) < 4.78 is 0. The van der Waals surface area contributed by atoms with E-state index >= 15 is 0 Å². The number of aromatic amines is 1. The van der Waals surface area contributed by atoms with Crippen LogP contribution in [-0.4, -0.2) is 73.0 Å². The van der Waals surface area contributed by atoms with Crippen LogP contribution in [0.2, 0.25) is 0 Å². The van der Waals surface area contributed by atoms with Crippen LogP contribution in [0.25, 0.3) is 33.3 Å². The topological polar surface area (TPSA) is 55.5 Å². The molecule has 0 atom stereocenters. The number of nitrogens with one attached hydrogen (secondary N) is 1. The maximum absolute atomic E-state index is 12.2. The first-order chi connectivity index (χ1) is 16.0. The van der Waals surface area contributed by atoms with Crippen molar-refractivity contribution in [3.8, 4) is 22.3 Å². The molecule has 2 aromatic carbocycles. The Morgan fingerprint density at radius 3 is 2.24 bits per heavy atom. The molecule has 1 fully saturated rings. The van der Waals surface area contributed by atoms with Gasteiger partial charge in [-0.2, -0.15) is 0 Å². The van der Waals surface area contributed by atoms with E-state index in [1.54, 1.807) is 19.0 Å². The van der Waals surface area contributed by atoms with Gasteiger partial charge in [-0.05, 0) is 48.5 Å². The van der Waals surface area contributed by atoms with Crippen LogP contribution >= 0.6 is 0 Å². The van der Waals surface area contributed by atoms with Crippen LogP contribution in [0.4, 0.5) is 5.69 Å². The Labute approximate surface area is 194 Å². The Balaban J connectivity index is 1.42. The average molecular weight is 440 g/mol. The van der Waals surface area contributed by atoms with Crippen molar-refractivity contribution in [2.24, 2.45) is 0 Å². The predicted octanol–water partition coefficient (Wildman–Crippen LogP) is 4.35. The van der Waals surface area contributed by atoms with Crippen molar-refractivity contribution < 1.29 is 4.79 Å². The normalized spacial score (nSPS) is 14.6. The lowest BCUT2D eigenvalue weighted by atomic mass is 10.0. The van der Waals surface area contributed by atoms with Crippen molar-refractivity contribution in [1.82, 2.24) is 19.8 Å². The van der Waals surface area contributed by atoms with Gasteiger partial charge in [0, 0.05) is 80.4 Å². The smallest absolute Gasteiger partial charge is 0.253 e. The molecule has 33 heavy (non-hydrogen) atoms. The van der Waals surface area contributed by atoms with E-state index in [1.807, 2.05) is 36.7 Å². The Kier molecular flexibility index (Phi) is 5.60. The fourth-order valence-electron chi connectivity index (χ4n) is 4.38. The molecule has 5 rings (SSSR count). The zero-order valence-electron chi connectivity index (χ0n) is 19.4. The lowest BCUT2D eigenvalue weighted by Gasteiger charge is -2.34. The van der Waals surface area contributed by atoms with Gasteiger partial charge in [-0.1, -0.05) is 24.3 Å². The number of pyridine rings is 1. The maximum atomic E-state index is 12.2. The van der Waals surface area contributed by atoms with Crippen molar-refractivity contribution in [2.45, 2.75) is 0 Å². The van der Waals surface area contributed by atoms with Gasteiger partial charge in [0.1, 0.15) is 5.65 Å². The van der Waals surface area contributed by atoms with Crippen molar-refractivity contribution in [3.63, 3.8) is 0 Å². The number of hydrogen-bond acceptors (Lipinski definition) is 4. The number of fused-ring (bicyclic) bond motifs is 1. The van der Waals surface area contributed by atoms with Crippen molar-refractivity contribution >= 4 is 22.6 Å². The number of benzene rings is 2. The van der Waals surface area contributed by atoms with Gasteiger partial charge in [-0.15, -0.1) is 0 Å². The molecule has 168 valence electrons. The summed E-state index contributed by atoms with van der Waals surface area (Å²) in [6.07, 6.45) is 3.91. The molecule has 6 heteroatoms. The number of aromatic nitrogens is 2. The number of carbonyl (C=O) groups excluding carboxylic acids is 1. The molecular formula is C27H29N5O. The van der Waals surface area contributed by atoms with Crippen molar-refractivity contribution in [1.29, 1.82) is 0 Å². The van der Waals surface area contributed by atoms with E-state index < -0.39 is 0 Å². The maximum Gasteiger partial charge on any atom is 0.253 e. The van der Waals surface area contributed by atoms with E-state index in [1.165, 1.54) is 5.69 Å². The molecule has 1 amide bonds. The number of H-pyrrole nitrogens is 1. The van der Waals surface area contributed by atoms with E-state index in [0.29, 0.717) is 5.56 Å². The summed E-state index contributed by atoms with van der Waals surface area (Å²) in [5.41, 5.74) is 7.20. The van der Waals surface area contributed by atoms with Gasteiger partial charge in [-0.25, -0.2) is 4.98 Å². The molecule has 1 aliphatic heterocycles. The highest BCUT2D eigenvalue weighted by Gasteiger charge is 2.15. The lowest BCUT2D eigenvalue weighted by Crippen LogP contribution is -2.44. The summed E-state index contributed by atoms with van der Waals surface area (Å²) in [7, 11) is 5.71. The monoisotopic (exact) mass is 439 g/mol. The first kappa shape index (κ1) is 21.2. The van der Waals surface area contributed by atoms with Gasteiger partial charge < -0.3 is 19.7 Å². The molecule has 1 saturated heterocycles. The fourth-order valence-corrected chi connectivity index (χ4v) is 4.38. The second kappa shape index (κ2) is 8.71. The van der Waals surface area contributed by atoms with Crippen LogP contribution < -0.4 is 4.90 Å². The molecule has 0 aliphatic carbocycles. The molecule has 1 aliphatic rings. The summed E-state index contributed by atoms with van der Waals surface area (Å²) in [5, 5.41) is 1.07. The summed E-state index contributed by atoms with van der Waals surface area (Å²) in [6.45, 7) is 4.33. The van der Waals surface area contributed by atoms with Crippen LogP contribution in [0.3, 0.4) is 0 Å². The van der Waals surface area contributed by atoms with E-state index in [9.17, 15) is 4.79 Å². The number of nitrogens with zero attached hydrogens (tertiary/aromatic N) is 4. The van der Waals surface area contributed by atoms with Crippen LogP contribution in [0.1, 0.15) is 10.4 Å². The number of hydrogen-bond donors (Lipinski definition) is 1.